The molecule has 0 radical (unpaired) electrons. The number of allylic oxidation sites excluding steroid dienone is 2. The second kappa shape index (κ2) is 3.67. The molecule has 0 saturated heterocycles. The van der Waals surface area contributed by atoms with Crippen LogP contribution in [0.4, 0.5) is 0 Å². The fraction of sp³-hybridized carbons (Fsp3) is 0.467. The van der Waals surface area contributed by atoms with Gasteiger partial charge >= 0.3 is 0 Å². The third kappa shape index (κ3) is 1.36. The van der Waals surface area contributed by atoms with E-state index < -0.39 is 0 Å². The van der Waals surface area contributed by atoms with Crippen molar-refractivity contribution in [2.75, 3.05) is 0 Å². The fourth-order valence-electron chi connectivity index (χ4n) is 3.23. The average molecular weight is 244 g/mol. The van der Waals surface area contributed by atoms with Crippen LogP contribution < -0.4 is 0 Å². The summed E-state index contributed by atoms with van der Waals surface area (Å²) in [4.78, 5) is 24.2. The van der Waals surface area contributed by atoms with Crippen LogP contribution >= 0.6 is 0 Å². The number of hydrogen-bond acceptors (Lipinski definition) is 3. The second-order valence-electron chi connectivity index (χ2n) is 5.50. The predicted octanol–water partition coefficient (Wildman–Crippen LogP) is 3.17. The summed E-state index contributed by atoms with van der Waals surface area (Å²) in [6, 6.07) is 0. The quantitative estimate of drug-likeness (QED) is 0.704. The Balaban J connectivity index is 2.29. The molecule has 0 aromatic carbocycles. The van der Waals surface area contributed by atoms with Crippen molar-refractivity contribution in [3.63, 3.8) is 0 Å². The van der Waals surface area contributed by atoms with Crippen molar-refractivity contribution >= 4 is 17.1 Å². The lowest BCUT2D eigenvalue weighted by Crippen LogP contribution is -2.12. The molecule has 0 saturated carbocycles. The van der Waals surface area contributed by atoms with Crippen LogP contribution in [0.25, 0.3) is 5.57 Å². The highest BCUT2D eigenvalue weighted by molar-refractivity contribution is 6.11. The molecule has 2 atom stereocenters. The van der Waals surface area contributed by atoms with Gasteiger partial charge in [-0.1, -0.05) is 6.92 Å². The van der Waals surface area contributed by atoms with Crippen LogP contribution in [0.1, 0.15) is 48.4 Å². The van der Waals surface area contributed by atoms with Crippen molar-refractivity contribution in [1.82, 2.24) is 0 Å². The van der Waals surface area contributed by atoms with E-state index in [2.05, 4.69) is 6.92 Å². The number of rotatable bonds is 0. The Kier molecular flexibility index (Phi) is 2.34. The topological polar surface area (TPSA) is 47.3 Å². The minimum Gasteiger partial charge on any atom is -0.464 e. The van der Waals surface area contributed by atoms with Gasteiger partial charge in [-0.15, -0.1) is 0 Å². The molecule has 0 amide bonds. The van der Waals surface area contributed by atoms with Crippen LogP contribution in [0.2, 0.25) is 0 Å². The Hall–Kier alpha value is -1.64. The molecule has 3 nitrogen and oxygen atoms in total. The smallest absolute Gasteiger partial charge is 0.167 e. The Labute approximate surface area is 106 Å². The summed E-state index contributed by atoms with van der Waals surface area (Å²) in [5.74, 6) is 1.33. The first-order valence-electron chi connectivity index (χ1n) is 6.36. The molecule has 0 unspecified atom stereocenters. The van der Waals surface area contributed by atoms with E-state index in [-0.39, 0.29) is 23.4 Å². The molecule has 94 valence electrons. The van der Waals surface area contributed by atoms with E-state index in [0.29, 0.717) is 24.2 Å². The Morgan fingerprint density at radius 3 is 2.61 bits per heavy atom. The third-order valence-electron chi connectivity index (χ3n) is 4.29. The van der Waals surface area contributed by atoms with Crippen LogP contribution in [-0.2, 0) is 4.79 Å². The van der Waals surface area contributed by atoms with Gasteiger partial charge in [-0.25, -0.2) is 0 Å². The van der Waals surface area contributed by atoms with Gasteiger partial charge in [0.05, 0.1) is 11.8 Å². The van der Waals surface area contributed by atoms with Crippen molar-refractivity contribution in [2.45, 2.75) is 33.6 Å². The molecule has 1 heterocycles. The van der Waals surface area contributed by atoms with Crippen LogP contribution in [0.3, 0.4) is 0 Å². The summed E-state index contributed by atoms with van der Waals surface area (Å²) < 4.78 is 5.59. The van der Waals surface area contributed by atoms with Crippen LogP contribution in [0.15, 0.2) is 16.3 Å². The van der Waals surface area contributed by atoms with Gasteiger partial charge in [0.2, 0.25) is 0 Å². The fourth-order valence-corrected chi connectivity index (χ4v) is 3.23. The highest BCUT2D eigenvalue weighted by Crippen LogP contribution is 2.46. The lowest BCUT2D eigenvalue weighted by Gasteiger charge is -2.17. The van der Waals surface area contributed by atoms with Gasteiger partial charge in [0.25, 0.3) is 0 Å². The van der Waals surface area contributed by atoms with Crippen LogP contribution in [-0.4, -0.2) is 11.6 Å². The largest absolute Gasteiger partial charge is 0.464 e. The minimum absolute atomic E-state index is 0.144. The Bertz CT molecular complexity index is 589. The molecule has 0 N–H and O–H groups in total. The predicted molar refractivity (Wildman–Crippen MR) is 67.3 cm³/mol. The maximum Gasteiger partial charge on any atom is 0.167 e. The van der Waals surface area contributed by atoms with E-state index in [1.807, 2.05) is 13.8 Å². The van der Waals surface area contributed by atoms with E-state index in [1.54, 1.807) is 6.26 Å². The van der Waals surface area contributed by atoms with Crippen molar-refractivity contribution in [3.05, 3.63) is 28.7 Å². The van der Waals surface area contributed by atoms with E-state index in [4.69, 9.17) is 4.42 Å². The summed E-state index contributed by atoms with van der Waals surface area (Å²) in [6.45, 7) is 5.79. The maximum atomic E-state index is 12.2. The van der Waals surface area contributed by atoms with Crippen molar-refractivity contribution in [1.29, 1.82) is 0 Å². The first-order valence-corrected chi connectivity index (χ1v) is 6.36. The number of furan rings is 1. The Morgan fingerprint density at radius 2 is 1.89 bits per heavy atom. The van der Waals surface area contributed by atoms with Crippen LogP contribution in [0.5, 0.6) is 0 Å². The molecule has 0 fully saturated rings. The number of carbonyl (C=O) groups excluding carboxylic acids is 2. The molecule has 18 heavy (non-hydrogen) atoms. The summed E-state index contributed by atoms with van der Waals surface area (Å²) in [6.07, 6.45) is 2.65. The van der Waals surface area contributed by atoms with Gasteiger partial charge in [0.15, 0.2) is 11.6 Å². The maximum absolute atomic E-state index is 12.2. The normalized spacial score (nSPS) is 27.3. The zero-order valence-electron chi connectivity index (χ0n) is 10.9. The van der Waals surface area contributed by atoms with E-state index in [1.165, 1.54) is 0 Å². The first kappa shape index (κ1) is 11.5. The molecule has 0 bridgehead atoms. The highest BCUT2D eigenvalue weighted by Gasteiger charge is 2.41. The van der Waals surface area contributed by atoms with E-state index >= 15 is 0 Å². The van der Waals surface area contributed by atoms with Gasteiger partial charge < -0.3 is 4.42 Å². The number of carbonyl (C=O) groups is 2. The average Bonchev–Trinajstić information content (AvgIpc) is 2.78. The molecule has 1 aromatic rings. The molecule has 2 aliphatic carbocycles. The van der Waals surface area contributed by atoms with E-state index in [9.17, 15) is 9.59 Å². The highest BCUT2D eigenvalue weighted by atomic mass is 16.3. The third-order valence-corrected chi connectivity index (χ3v) is 4.29. The van der Waals surface area contributed by atoms with Gasteiger partial charge in [-0.05, 0) is 36.8 Å². The zero-order valence-corrected chi connectivity index (χ0v) is 10.9. The molecule has 1 aromatic heterocycles. The zero-order chi connectivity index (χ0) is 13.0. The Morgan fingerprint density at radius 1 is 1.17 bits per heavy atom. The number of hydrogen-bond donors (Lipinski definition) is 0. The summed E-state index contributed by atoms with van der Waals surface area (Å²) in [5.41, 5.74) is 3.31. The molecule has 3 rings (SSSR count). The molecule has 0 aliphatic heterocycles. The van der Waals surface area contributed by atoms with Gasteiger partial charge in [-0.3, -0.25) is 9.59 Å². The summed E-state index contributed by atoms with van der Waals surface area (Å²) in [7, 11) is 0. The monoisotopic (exact) mass is 244 g/mol. The molecular weight excluding hydrogens is 228 g/mol. The SMILES string of the molecule is CC1=C2c3occ(C)c3C(=O)C[C@H](C)[C@H]2CC1=O. The van der Waals surface area contributed by atoms with Crippen molar-refractivity contribution < 1.29 is 14.0 Å². The number of aryl methyl sites for hydroxylation is 1. The molecular formula is C15H16O3. The van der Waals surface area contributed by atoms with Crippen molar-refractivity contribution in [3.8, 4) is 0 Å². The summed E-state index contributed by atoms with van der Waals surface area (Å²) >= 11 is 0. The van der Waals surface area contributed by atoms with Gasteiger partial charge in [-0.2, -0.15) is 0 Å². The van der Waals surface area contributed by atoms with Gasteiger partial charge in [0, 0.05) is 18.4 Å². The lowest BCUT2D eigenvalue weighted by atomic mass is 9.86. The second-order valence-corrected chi connectivity index (χ2v) is 5.50. The number of Topliss-reactive ketones (excluding diaryl/α,β-unsaturated/α-hetero) is 2. The summed E-state index contributed by atoms with van der Waals surface area (Å²) in [5, 5.41) is 0. The number of fused-ring (bicyclic) bond motifs is 3. The molecule has 3 heteroatoms. The standard InChI is InChI=1S/C15H16O3/c1-7-4-12(17)13-8(2)6-18-15(13)14-9(3)11(16)5-10(7)14/h6-7,10H,4-5H2,1-3H3/t7-,10+/m0/s1. The minimum atomic E-state index is 0.144. The molecule has 2 aliphatic rings. The lowest BCUT2D eigenvalue weighted by molar-refractivity contribution is -0.115. The first-order chi connectivity index (χ1) is 8.50. The number of ketones is 2. The van der Waals surface area contributed by atoms with Crippen molar-refractivity contribution in [2.24, 2.45) is 11.8 Å². The van der Waals surface area contributed by atoms with Gasteiger partial charge in [0.1, 0.15) is 5.76 Å². The van der Waals surface area contributed by atoms with E-state index in [0.717, 1.165) is 16.7 Å². The van der Waals surface area contributed by atoms with Crippen LogP contribution in [0, 0.1) is 18.8 Å². The molecule has 0 spiro atoms.